The van der Waals surface area contributed by atoms with Crippen LogP contribution in [0.3, 0.4) is 0 Å². The van der Waals surface area contributed by atoms with Crippen LogP contribution in [0.2, 0.25) is 0 Å². The molecule has 2 amide bonds. The largest absolute Gasteiger partial charge is 0.508 e. The fraction of sp³-hybridized carbons (Fsp3) is 0.231. The summed E-state index contributed by atoms with van der Waals surface area (Å²) >= 11 is 0. The number of hydrogen-bond donors (Lipinski definition) is 3. The Hall–Kier alpha value is -2.50. The van der Waals surface area contributed by atoms with E-state index in [1.165, 1.54) is 12.1 Å². The number of anilines is 1. The summed E-state index contributed by atoms with van der Waals surface area (Å²) in [5, 5.41) is 14.2. The molecule has 0 aromatic heterocycles. The van der Waals surface area contributed by atoms with Crippen molar-refractivity contribution in [2.24, 2.45) is 0 Å². The van der Waals surface area contributed by atoms with E-state index in [4.69, 9.17) is 9.84 Å². The number of esters is 1. The summed E-state index contributed by atoms with van der Waals surface area (Å²) in [5.74, 6) is -0.363. The van der Waals surface area contributed by atoms with Crippen LogP contribution in [0.5, 0.6) is 5.75 Å². The Balaban J connectivity index is 2.23. The monoisotopic (exact) mass is 264 g/mol. The lowest BCUT2D eigenvalue weighted by atomic mass is 10.3. The van der Waals surface area contributed by atoms with Gasteiger partial charge in [0.05, 0.1) is 6.54 Å². The zero-order valence-corrected chi connectivity index (χ0v) is 10.6. The molecule has 0 radical (unpaired) electrons. The molecule has 3 N–H and O–H groups in total. The van der Waals surface area contributed by atoms with Crippen molar-refractivity contribution < 1.29 is 19.4 Å². The lowest BCUT2D eigenvalue weighted by Gasteiger charge is -2.08. The molecule has 0 heterocycles. The maximum Gasteiger partial charge on any atom is 0.333 e. The van der Waals surface area contributed by atoms with E-state index in [1.807, 2.05) is 0 Å². The maximum absolute atomic E-state index is 11.4. The Labute approximate surface area is 111 Å². The van der Waals surface area contributed by atoms with E-state index >= 15 is 0 Å². The molecule has 102 valence electrons. The minimum Gasteiger partial charge on any atom is -0.508 e. The summed E-state index contributed by atoms with van der Waals surface area (Å²) in [6.07, 6.45) is 0. The number of benzene rings is 1. The van der Waals surface area contributed by atoms with E-state index in [0.29, 0.717) is 11.3 Å². The van der Waals surface area contributed by atoms with Gasteiger partial charge in [0, 0.05) is 11.3 Å². The molecule has 0 bridgehead atoms. The first-order valence-electron chi connectivity index (χ1n) is 5.65. The molecule has 0 atom stereocenters. The highest BCUT2D eigenvalue weighted by Gasteiger charge is 2.04. The standard InChI is InChI=1S/C13H16N2O4/c1-9(2)12(17)19-8-7-14-13(18)15-10-3-5-11(16)6-4-10/h3-6,16H,1,7-8H2,2H3,(H2,14,15,18). The Kier molecular flexibility index (Phi) is 5.40. The van der Waals surface area contributed by atoms with Gasteiger partial charge in [-0.3, -0.25) is 0 Å². The van der Waals surface area contributed by atoms with Crippen LogP contribution in [0.25, 0.3) is 0 Å². The van der Waals surface area contributed by atoms with E-state index in [9.17, 15) is 9.59 Å². The van der Waals surface area contributed by atoms with E-state index in [-0.39, 0.29) is 18.9 Å². The average Bonchev–Trinajstić information content (AvgIpc) is 2.37. The van der Waals surface area contributed by atoms with Crippen LogP contribution >= 0.6 is 0 Å². The molecule has 0 unspecified atom stereocenters. The number of nitrogens with one attached hydrogen (secondary N) is 2. The van der Waals surface area contributed by atoms with Gasteiger partial charge >= 0.3 is 12.0 Å². The first-order chi connectivity index (χ1) is 8.99. The highest BCUT2D eigenvalue weighted by molar-refractivity contribution is 5.89. The number of rotatable bonds is 5. The topological polar surface area (TPSA) is 87.7 Å². The number of phenols is 1. The number of carbonyl (C=O) groups is 2. The molecule has 6 heteroatoms. The lowest BCUT2D eigenvalue weighted by Crippen LogP contribution is -2.32. The Morgan fingerprint density at radius 3 is 2.53 bits per heavy atom. The quantitative estimate of drug-likeness (QED) is 0.326. The summed E-state index contributed by atoms with van der Waals surface area (Å²) in [4.78, 5) is 22.5. The fourth-order valence-electron chi connectivity index (χ4n) is 1.15. The second-order valence-corrected chi connectivity index (χ2v) is 3.84. The predicted molar refractivity (Wildman–Crippen MR) is 70.9 cm³/mol. The van der Waals surface area contributed by atoms with E-state index in [1.54, 1.807) is 19.1 Å². The molecule has 1 rings (SSSR count). The molecule has 0 aliphatic heterocycles. The molecule has 0 saturated carbocycles. The van der Waals surface area contributed by atoms with Crippen molar-refractivity contribution in [1.82, 2.24) is 5.32 Å². The average molecular weight is 264 g/mol. The van der Waals surface area contributed by atoms with Crippen LogP contribution in [-0.2, 0) is 9.53 Å². The van der Waals surface area contributed by atoms with Crippen LogP contribution in [0.4, 0.5) is 10.5 Å². The van der Waals surface area contributed by atoms with Crippen molar-refractivity contribution in [3.8, 4) is 5.75 Å². The molecule has 0 saturated heterocycles. The third-order valence-corrected chi connectivity index (χ3v) is 2.09. The third-order valence-electron chi connectivity index (χ3n) is 2.09. The number of carbonyl (C=O) groups excluding carboxylic acids is 2. The second kappa shape index (κ2) is 7.05. The molecule has 0 spiro atoms. The van der Waals surface area contributed by atoms with E-state index in [2.05, 4.69) is 17.2 Å². The summed E-state index contributed by atoms with van der Waals surface area (Å²) in [7, 11) is 0. The second-order valence-electron chi connectivity index (χ2n) is 3.84. The fourth-order valence-corrected chi connectivity index (χ4v) is 1.15. The summed E-state index contributed by atoms with van der Waals surface area (Å²) < 4.78 is 4.81. The zero-order valence-electron chi connectivity index (χ0n) is 10.6. The molecule has 0 aliphatic rings. The van der Waals surface area contributed by atoms with Gasteiger partial charge in [-0.25, -0.2) is 9.59 Å². The molecular weight excluding hydrogens is 248 g/mol. The van der Waals surface area contributed by atoms with Crippen LogP contribution in [0.1, 0.15) is 6.92 Å². The molecule has 1 aromatic rings. The number of aromatic hydroxyl groups is 1. The van der Waals surface area contributed by atoms with Crippen molar-refractivity contribution in [1.29, 1.82) is 0 Å². The molecule has 6 nitrogen and oxygen atoms in total. The molecular formula is C13H16N2O4. The summed E-state index contributed by atoms with van der Waals surface area (Å²) in [6.45, 7) is 5.26. The predicted octanol–water partition coefficient (Wildman–Crippen LogP) is 1.63. The Bertz CT molecular complexity index is 468. The van der Waals surface area contributed by atoms with E-state index in [0.717, 1.165) is 0 Å². The normalized spacial score (nSPS) is 9.53. The van der Waals surface area contributed by atoms with Gasteiger partial charge < -0.3 is 20.5 Å². The van der Waals surface area contributed by atoms with Crippen LogP contribution in [0, 0.1) is 0 Å². The molecule has 1 aromatic carbocycles. The minimum absolute atomic E-state index is 0.0781. The molecule has 0 aliphatic carbocycles. The Morgan fingerprint density at radius 2 is 1.95 bits per heavy atom. The van der Waals surface area contributed by atoms with Crippen molar-refractivity contribution in [2.75, 3.05) is 18.5 Å². The first-order valence-corrected chi connectivity index (χ1v) is 5.65. The lowest BCUT2D eigenvalue weighted by molar-refractivity contribution is -0.138. The molecule has 19 heavy (non-hydrogen) atoms. The van der Waals surface area contributed by atoms with Crippen molar-refractivity contribution in [3.05, 3.63) is 36.4 Å². The molecule has 0 fully saturated rings. The SMILES string of the molecule is C=C(C)C(=O)OCCNC(=O)Nc1ccc(O)cc1. The van der Waals surface area contributed by atoms with Gasteiger partial charge in [0.2, 0.25) is 0 Å². The maximum atomic E-state index is 11.4. The van der Waals surface area contributed by atoms with Crippen molar-refractivity contribution in [2.45, 2.75) is 6.92 Å². The first kappa shape index (κ1) is 14.6. The van der Waals surface area contributed by atoms with Gasteiger partial charge in [0.15, 0.2) is 0 Å². The highest BCUT2D eigenvalue weighted by Crippen LogP contribution is 2.13. The van der Waals surface area contributed by atoms with Gasteiger partial charge in [-0.05, 0) is 31.2 Å². The van der Waals surface area contributed by atoms with Gasteiger partial charge in [0.25, 0.3) is 0 Å². The van der Waals surface area contributed by atoms with Crippen molar-refractivity contribution >= 4 is 17.7 Å². The van der Waals surface area contributed by atoms with Crippen LogP contribution < -0.4 is 10.6 Å². The van der Waals surface area contributed by atoms with Gasteiger partial charge in [0.1, 0.15) is 12.4 Å². The summed E-state index contributed by atoms with van der Waals surface area (Å²) in [5.41, 5.74) is 0.864. The summed E-state index contributed by atoms with van der Waals surface area (Å²) in [6, 6.07) is 5.64. The number of amides is 2. The van der Waals surface area contributed by atoms with Gasteiger partial charge in [-0.2, -0.15) is 0 Å². The van der Waals surface area contributed by atoms with E-state index < -0.39 is 12.0 Å². The third kappa shape index (κ3) is 5.58. The number of phenolic OH excluding ortho intramolecular Hbond substituents is 1. The highest BCUT2D eigenvalue weighted by atomic mass is 16.5. The number of ether oxygens (including phenoxy) is 1. The minimum atomic E-state index is -0.485. The van der Waals surface area contributed by atoms with Crippen LogP contribution in [0.15, 0.2) is 36.4 Å². The van der Waals surface area contributed by atoms with Gasteiger partial charge in [-0.1, -0.05) is 6.58 Å². The zero-order chi connectivity index (χ0) is 14.3. The number of hydrogen-bond acceptors (Lipinski definition) is 4. The number of urea groups is 1. The Morgan fingerprint density at radius 1 is 1.32 bits per heavy atom. The van der Waals surface area contributed by atoms with Gasteiger partial charge in [-0.15, -0.1) is 0 Å². The van der Waals surface area contributed by atoms with Crippen molar-refractivity contribution in [3.63, 3.8) is 0 Å². The van der Waals surface area contributed by atoms with Crippen LogP contribution in [-0.4, -0.2) is 30.3 Å². The smallest absolute Gasteiger partial charge is 0.333 e.